The van der Waals surface area contributed by atoms with Crippen LogP contribution in [0.25, 0.3) is 10.8 Å². The highest BCUT2D eigenvalue weighted by Gasteiger charge is 2.35. The lowest BCUT2D eigenvalue weighted by Gasteiger charge is -2.07. The molecule has 0 spiro atoms. The van der Waals surface area contributed by atoms with E-state index in [0.717, 1.165) is 22.8 Å². The molecule has 1 amide bonds. The van der Waals surface area contributed by atoms with Gasteiger partial charge < -0.3 is 11.1 Å². The van der Waals surface area contributed by atoms with Gasteiger partial charge in [-0.25, -0.2) is 0 Å². The Bertz CT molecular complexity index is 574. The number of carbonyl (C=O) groups excluding carboxylic acids is 1. The van der Waals surface area contributed by atoms with Crippen molar-refractivity contribution < 1.29 is 4.79 Å². The summed E-state index contributed by atoms with van der Waals surface area (Å²) in [7, 11) is 0. The Hall–Kier alpha value is -1.87. The van der Waals surface area contributed by atoms with E-state index in [9.17, 15) is 4.79 Å². The Morgan fingerprint density at radius 2 is 1.88 bits per heavy atom. The Labute approximate surface area is 99.6 Å². The summed E-state index contributed by atoms with van der Waals surface area (Å²) in [4.78, 5) is 12.1. The van der Waals surface area contributed by atoms with E-state index in [-0.39, 0.29) is 18.0 Å². The van der Waals surface area contributed by atoms with Crippen LogP contribution in [0.2, 0.25) is 0 Å². The van der Waals surface area contributed by atoms with E-state index in [1.807, 2.05) is 42.5 Å². The van der Waals surface area contributed by atoms with Gasteiger partial charge in [-0.1, -0.05) is 36.4 Å². The minimum atomic E-state index is -0.0280. The van der Waals surface area contributed by atoms with Gasteiger partial charge in [-0.2, -0.15) is 0 Å². The zero-order valence-electron chi connectivity index (χ0n) is 9.39. The van der Waals surface area contributed by atoms with Crippen LogP contribution in [0.5, 0.6) is 0 Å². The van der Waals surface area contributed by atoms with Crippen LogP contribution >= 0.6 is 0 Å². The number of hydrogen-bond acceptors (Lipinski definition) is 2. The number of nitrogens with two attached hydrogens (primary N) is 1. The lowest BCUT2D eigenvalue weighted by Crippen LogP contribution is -2.29. The number of amides is 1. The molecule has 3 rings (SSSR count). The van der Waals surface area contributed by atoms with Crippen LogP contribution in [0.1, 0.15) is 16.8 Å². The normalized spacial score (nSPS) is 22.4. The largest absolute Gasteiger partial charge is 0.348 e. The summed E-state index contributed by atoms with van der Waals surface area (Å²) in [6, 6.07) is 14.0. The number of benzene rings is 2. The zero-order valence-corrected chi connectivity index (χ0v) is 9.39. The van der Waals surface area contributed by atoms with Crippen molar-refractivity contribution in [3.05, 3.63) is 48.0 Å². The monoisotopic (exact) mass is 226 g/mol. The quantitative estimate of drug-likeness (QED) is 0.818. The summed E-state index contributed by atoms with van der Waals surface area (Å²) in [6.45, 7) is 0. The van der Waals surface area contributed by atoms with Crippen molar-refractivity contribution in [3.8, 4) is 0 Å². The maximum absolute atomic E-state index is 12.1. The summed E-state index contributed by atoms with van der Waals surface area (Å²) >= 11 is 0. The summed E-state index contributed by atoms with van der Waals surface area (Å²) in [5, 5.41) is 5.02. The molecule has 3 heteroatoms. The molecule has 1 aliphatic rings. The lowest BCUT2D eigenvalue weighted by atomic mass is 10.0. The van der Waals surface area contributed by atoms with Gasteiger partial charge in [0.05, 0.1) is 0 Å². The van der Waals surface area contributed by atoms with Crippen molar-refractivity contribution in [2.45, 2.75) is 18.5 Å². The standard InChI is InChI=1S/C14H14N2O/c15-12-8-13(12)16-14(17)11-7-3-5-9-4-1-2-6-10(9)11/h1-7,12-13H,8,15H2,(H,16,17). The molecule has 0 heterocycles. The van der Waals surface area contributed by atoms with Crippen molar-refractivity contribution in [2.75, 3.05) is 0 Å². The first-order chi connectivity index (χ1) is 8.25. The number of fused-ring (bicyclic) bond motifs is 1. The van der Waals surface area contributed by atoms with Crippen molar-refractivity contribution in [1.29, 1.82) is 0 Å². The fourth-order valence-electron chi connectivity index (χ4n) is 2.05. The Morgan fingerprint density at radius 1 is 1.18 bits per heavy atom. The topological polar surface area (TPSA) is 55.1 Å². The maximum atomic E-state index is 12.1. The molecule has 0 radical (unpaired) electrons. The lowest BCUT2D eigenvalue weighted by molar-refractivity contribution is 0.0952. The highest BCUT2D eigenvalue weighted by atomic mass is 16.1. The van der Waals surface area contributed by atoms with Gasteiger partial charge in [0, 0.05) is 17.6 Å². The minimum absolute atomic E-state index is 0.0280. The second-order valence-corrected chi connectivity index (χ2v) is 4.51. The molecule has 0 bridgehead atoms. The molecular weight excluding hydrogens is 212 g/mol. The summed E-state index contributed by atoms with van der Waals surface area (Å²) in [5.74, 6) is -0.0280. The van der Waals surface area contributed by atoms with Gasteiger partial charge in [0.25, 0.3) is 5.91 Å². The predicted octanol–water partition coefficient (Wildman–Crippen LogP) is 1.67. The molecule has 2 aromatic rings. The van der Waals surface area contributed by atoms with Crippen molar-refractivity contribution >= 4 is 16.7 Å². The van der Waals surface area contributed by atoms with Crippen LogP contribution < -0.4 is 11.1 Å². The van der Waals surface area contributed by atoms with E-state index < -0.39 is 0 Å². The van der Waals surface area contributed by atoms with E-state index >= 15 is 0 Å². The number of carbonyl (C=O) groups is 1. The molecule has 2 aromatic carbocycles. The first-order valence-corrected chi connectivity index (χ1v) is 5.80. The van der Waals surface area contributed by atoms with Gasteiger partial charge in [-0.3, -0.25) is 4.79 Å². The third-order valence-corrected chi connectivity index (χ3v) is 3.19. The molecule has 1 fully saturated rings. The zero-order chi connectivity index (χ0) is 11.8. The fraction of sp³-hybridized carbons (Fsp3) is 0.214. The van der Waals surface area contributed by atoms with Crippen molar-refractivity contribution in [1.82, 2.24) is 5.32 Å². The van der Waals surface area contributed by atoms with Crippen LogP contribution in [-0.4, -0.2) is 18.0 Å². The molecule has 3 nitrogen and oxygen atoms in total. The van der Waals surface area contributed by atoms with Gasteiger partial charge in [0.15, 0.2) is 0 Å². The van der Waals surface area contributed by atoms with Crippen LogP contribution in [0.3, 0.4) is 0 Å². The molecule has 1 saturated carbocycles. The van der Waals surface area contributed by atoms with E-state index in [0.29, 0.717) is 0 Å². The first-order valence-electron chi connectivity index (χ1n) is 5.80. The highest BCUT2D eigenvalue weighted by Crippen LogP contribution is 2.21. The molecule has 0 aromatic heterocycles. The fourth-order valence-corrected chi connectivity index (χ4v) is 2.05. The Morgan fingerprint density at radius 3 is 2.65 bits per heavy atom. The third-order valence-electron chi connectivity index (χ3n) is 3.19. The van der Waals surface area contributed by atoms with Crippen LogP contribution in [0.15, 0.2) is 42.5 Å². The van der Waals surface area contributed by atoms with Crippen molar-refractivity contribution in [3.63, 3.8) is 0 Å². The van der Waals surface area contributed by atoms with E-state index in [1.54, 1.807) is 0 Å². The molecule has 0 aliphatic heterocycles. The number of rotatable bonds is 2. The molecule has 3 N–H and O–H groups in total. The molecular formula is C14H14N2O. The molecule has 2 atom stereocenters. The minimum Gasteiger partial charge on any atom is -0.348 e. The molecule has 17 heavy (non-hydrogen) atoms. The van der Waals surface area contributed by atoms with E-state index in [4.69, 9.17) is 5.73 Å². The van der Waals surface area contributed by atoms with Gasteiger partial charge in [-0.15, -0.1) is 0 Å². The Balaban J connectivity index is 1.96. The summed E-state index contributed by atoms with van der Waals surface area (Å²) in [5.41, 5.74) is 6.42. The van der Waals surface area contributed by atoms with Crippen molar-refractivity contribution in [2.24, 2.45) is 5.73 Å². The van der Waals surface area contributed by atoms with Gasteiger partial charge in [0.2, 0.25) is 0 Å². The third kappa shape index (κ3) is 1.89. The van der Waals surface area contributed by atoms with Gasteiger partial charge in [-0.05, 0) is 23.3 Å². The second-order valence-electron chi connectivity index (χ2n) is 4.51. The Kier molecular flexibility index (Phi) is 2.34. The molecule has 0 saturated heterocycles. The molecule has 1 aliphatic carbocycles. The molecule has 86 valence electrons. The smallest absolute Gasteiger partial charge is 0.252 e. The van der Waals surface area contributed by atoms with E-state index in [1.165, 1.54) is 0 Å². The number of nitrogens with one attached hydrogen (secondary N) is 1. The van der Waals surface area contributed by atoms with Crippen LogP contribution in [0.4, 0.5) is 0 Å². The number of hydrogen-bond donors (Lipinski definition) is 2. The molecule has 2 unspecified atom stereocenters. The summed E-state index contributed by atoms with van der Waals surface area (Å²) < 4.78 is 0. The summed E-state index contributed by atoms with van der Waals surface area (Å²) in [6.07, 6.45) is 0.885. The maximum Gasteiger partial charge on any atom is 0.252 e. The van der Waals surface area contributed by atoms with Crippen LogP contribution in [-0.2, 0) is 0 Å². The van der Waals surface area contributed by atoms with Gasteiger partial charge in [0.1, 0.15) is 0 Å². The second kappa shape index (κ2) is 3.86. The SMILES string of the molecule is NC1CC1NC(=O)c1cccc2ccccc12. The van der Waals surface area contributed by atoms with E-state index in [2.05, 4.69) is 5.32 Å². The predicted molar refractivity (Wildman–Crippen MR) is 67.8 cm³/mol. The highest BCUT2D eigenvalue weighted by molar-refractivity contribution is 6.07. The average Bonchev–Trinajstić information content (AvgIpc) is 3.04. The van der Waals surface area contributed by atoms with Gasteiger partial charge >= 0.3 is 0 Å². The van der Waals surface area contributed by atoms with Crippen LogP contribution in [0, 0.1) is 0 Å². The average molecular weight is 226 g/mol. The first kappa shape index (κ1) is 10.3.